The van der Waals surface area contributed by atoms with Crippen molar-refractivity contribution >= 4 is 29.9 Å². The minimum absolute atomic E-state index is 0. The van der Waals surface area contributed by atoms with Crippen LogP contribution in [0.3, 0.4) is 0 Å². The minimum Gasteiger partial charge on any atom is -0.490 e. The highest BCUT2D eigenvalue weighted by Crippen LogP contribution is 2.32. The Morgan fingerprint density at radius 2 is 1.93 bits per heavy atom. The largest absolute Gasteiger partial charge is 0.490 e. The van der Waals surface area contributed by atoms with Crippen molar-refractivity contribution in [1.29, 1.82) is 0 Å². The highest BCUT2D eigenvalue weighted by molar-refractivity contribution is 14.0. The summed E-state index contributed by atoms with van der Waals surface area (Å²) in [5, 5.41) is 5.77. The predicted molar refractivity (Wildman–Crippen MR) is 111 cm³/mol. The zero-order chi connectivity index (χ0) is 21.2. The third-order valence-corrected chi connectivity index (χ3v) is 3.47. The first-order valence-electron chi connectivity index (χ1n) is 8.55. The Balaban J connectivity index is 0.00000784. The number of rotatable bonds is 10. The molecule has 0 heterocycles. The van der Waals surface area contributed by atoms with Crippen molar-refractivity contribution in [2.45, 2.75) is 26.3 Å². The van der Waals surface area contributed by atoms with Gasteiger partial charge in [0.2, 0.25) is 0 Å². The number of guanidine groups is 1. The number of alkyl halides is 5. The van der Waals surface area contributed by atoms with Crippen molar-refractivity contribution in [2.75, 3.05) is 40.3 Å². The van der Waals surface area contributed by atoms with E-state index >= 15 is 0 Å². The van der Waals surface area contributed by atoms with Crippen LogP contribution in [0.5, 0.6) is 11.5 Å². The van der Waals surface area contributed by atoms with Crippen LogP contribution in [0.2, 0.25) is 0 Å². The zero-order valence-corrected chi connectivity index (χ0v) is 18.7. The molecule has 0 aliphatic heterocycles. The zero-order valence-electron chi connectivity index (χ0n) is 16.4. The molecule has 29 heavy (non-hydrogen) atoms. The Morgan fingerprint density at radius 1 is 1.24 bits per heavy atom. The summed E-state index contributed by atoms with van der Waals surface area (Å²) >= 11 is 0. The molecule has 0 aromatic heterocycles. The van der Waals surface area contributed by atoms with Crippen LogP contribution < -0.4 is 20.1 Å². The number of halogens is 6. The molecule has 0 saturated heterocycles. The van der Waals surface area contributed by atoms with Gasteiger partial charge >= 0.3 is 12.8 Å². The summed E-state index contributed by atoms with van der Waals surface area (Å²) < 4.78 is 72.3. The molecule has 6 nitrogen and oxygen atoms in total. The summed E-state index contributed by atoms with van der Waals surface area (Å²) in [6.45, 7) is -1.57. The van der Waals surface area contributed by atoms with E-state index in [4.69, 9.17) is 4.74 Å². The molecule has 1 rings (SSSR count). The lowest BCUT2D eigenvalue weighted by molar-refractivity contribution is -0.142. The van der Waals surface area contributed by atoms with Crippen LogP contribution in [0.4, 0.5) is 22.0 Å². The molecule has 2 N–H and O–H groups in total. The van der Waals surface area contributed by atoms with Gasteiger partial charge in [0.15, 0.2) is 17.5 Å². The fourth-order valence-corrected chi connectivity index (χ4v) is 2.34. The Bertz CT molecular complexity index is 632. The molecule has 1 aromatic carbocycles. The average Bonchev–Trinajstić information content (AvgIpc) is 2.58. The van der Waals surface area contributed by atoms with Gasteiger partial charge in [-0.2, -0.15) is 22.0 Å². The van der Waals surface area contributed by atoms with Gasteiger partial charge in [0.25, 0.3) is 0 Å². The van der Waals surface area contributed by atoms with Crippen molar-refractivity contribution in [1.82, 2.24) is 15.5 Å². The molecule has 0 aliphatic rings. The van der Waals surface area contributed by atoms with Gasteiger partial charge in [0.1, 0.15) is 0 Å². The molecule has 0 bridgehead atoms. The van der Waals surface area contributed by atoms with E-state index in [1.165, 1.54) is 20.2 Å². The van der Waals surface area contributed by atoms with E-state index in [2.05, 4.69) is 20.4 Å². The van der Waals surface area contributed by atoms with Crippen LogP contribution in [0.1, 0.15) is 12.5 Å². The van der Waals surface area contributed by atoms with Gasteiger partial charge in [-0.3, -0.25) is 9.89 Å². The molecule has 0 saturated carbocycles. The van der Waals surface area contributed by atoms with Gasteiger partial charge in [0, 0.05) is 32.2 Å². The van der Waals surface area contributed by atoms with Crippen LogP contribution in [0, 0.1) is 0 Å². The molecule has 0 spiro atoms. The summed E-state index contributed by atoms with van der Waals surface area (Å²) in [6, 6.07) is 4.76. The third-order valence-electron chi connectivity index (χ3n) is 3.47. The fourth-order valence-electron chi connectivity index (χ4n) is 2.34. The number of likely N-dealkylation sites (N-methyl/N-ethyl adjacent to an activating group) is 1. The van der Waals surface area contributed by atoms with Crippen LogP contribution in [0.15, 0.2) is 23.2 Å². The molecule has 12 heteroatoms. The second-order valence-corrected chi connectivity index (χ2v) is 5.76. The number of benzene rings is 1. The third kappa shape index (κ3) is 11.3. The number of hydrogen-bond acceptors (Lipinski definition) is 4. The van der Waals surface area contributed by atoms with Gasteiger partial charge in [-0.05, 0) is 20.0 Å². The van der Waals surface area contributed by atoms with E-state index in [0.717, 1.165) is 4.90 Å². The molecular formula is C17H26F5IN4O2. The summed E-state index contributed by atoms with van der Waals surface area (Å²) in [5.41, 5.74) is 0.420. The van der Waals surface area contributed by atoms with E-state index in [1.54, 1.807) is 19.1 Å². The number of para-hydroxylation sites is 1. The standard InChI is InChI=1S/C17H25F5N4O2.HI/c1-4-27-13-7-5-6-12(14(13)28-15(18)19)10-25-16(23-2)24-8-9-26(3)11-17(20,21)22;/h5-7,15H,4,8-11H2,1-3H3,(H2,23,24,25);1H. The second kappa shape index (κ2) is 13.6. The van der Waals surface area contributed by atoms with Gasteiger partial charge in [-0.25, -0.2) is 0 Å². The van der Waals surface area contributed by atoms with E-state index in [1.807, 2.05) is 0 Å². The number of ether oxygens (including phenoxy) is 2. The number of aliphatic imine (C=N–C) groups is 1. The summed E-state index contributed by atoms with van der Waals surface area (Å²) in [5.74, 6) is 0.427. The molecule has 0 fully saturated rings. The molecule has 0 radical (unpaired) electrons. The Kier molecular flexibility index (Phi) is 12.9. The maximum absolute atomic E-state index is 12.7. The van der Waals surface area contributed by atoms with Crippen LogP contribution in [0.25, 0.3) is 0 Å². The Labute approximate surface area is 183 Å². The molecule has 0 aliphatic carbocycles. The van der Waals surface area contributed by atoms with E-state index in [-0.39, 0.29) is 61.7 Å². The first-order chi connectivity index (χ1) is 13.2. The first-order valence-corrected chi connectivity index (χ1v) is 8.55. The lowest BCUT2D eigenvalue weighted by Gasteiger charge is -2.20. The molecule has 1 aromatic rings. The Hall–Kier alpha value is -1.57. The lowest BCUT2D eigenvalue weighted by atomic mass is 10.2. The van der Waals surface area contributed by atoms with Crippen molar-refractivity contribution in [2.24, 2.45) is 4.99 Å². The van der Waals surface area contributed by atoms with Crippen molar-refractivity contribution < 1.29 is 31.4 Å². The van der Waals surface area contributed by atoms with Crippen molar-refractivity contribution in [3.63, 3.8) is 0 Å². The van der Waals surface area contributed by atoms with Gasteiger partial charge in [0.05, 0.1) is 13.2 Å². The smallest absolute Gasteiger partial charge is 0.401 e. The maximum atomic E-state index is 12.7. The van der Waals surface area contributed by atoms with Crippen LogP contribution >= 0.6 is 24.0 Å². The number of hydrogen-bond donors (Lipinski definition) is 2. The quantitative estimate of drug-likeness (QED) is 0.206. The van der Waals surface area contributed by atoms with Crippen molar-refractivity contribution in [3.05, 3.63) is 23.8 Å². The SMILES string of the molecule is CCOc1cccc(CNC(=NC)NCCN(C)CC(F)(F)F)c1OC(F)F.I. The van der Waals surface area contributed by atoms with E-state index in [0.29, 0.717) is 11.5 Å². The molecule has 168 valence electrons. The predicted octanol–water partition coefficient (Wildman–Crippen LogP) is 3.46. The monoisotopic (exact) mass is 540 g/mol. The molecule has 0 amide bonds. The number of nitrogens with zero attached hydrogens (tertiary/aromatic N) is 2. The average molecular weight is 540 g/mol. The molecule has 0 atom stereocenters. The van der Waals surface area contributed by atoms with Crippen LogP contribution in [-0.4, -0.2) is 64.0 Å². The van der Waals surface area contributed by atoms with E-state index in [9.17, 15) is 22.0 Å². The topological polar surface area (TPSA) is 58.1 Å². The van der Waals surface area contributed by atoms with Gasteiger partial charge in [-0.15, -0.1) is 24.0 Å². The second-order valence-electron chi connectivity index (χ2n) is 5.76. The van der Waals surface area contributed by atoms with Crippen LogP contribution in [-0.2, 0) is 6.54 Å². The van der Waals surface area contributed by atoms with E-state index < -0.39 is 19.3 Å². The summed E-state index contributed by atoms with van der Waals surface area (Å²) in [4.78, 5) is 5.08. The maximum Gasteiger partial charge on any atom is 0.401 e. The number of nitrogens with one attached hydrogen (secondary N) is 2. The van der Waals surface area contributed by atoms with Gasteiger partial charge < -0.3 is 20.1 Å². The first kappa shape index (κ1) is 27.4. The summed E-state index contributed by atoms with van der Waals surface area (Å²) in [6.07, 6.45) is -4.26. The normalized spacial score (nSPS) is 12.0. The molecule has 0 unspecified atom stereocenters. The fraction of sp³-hybridized carbons (Fsp3) is 0.588. The highest BCUT2D eigenvalue weighted by Gasteiger charge is 2.28. The Morgan fingerprint density at radius 3 is 2.48 bits per heavy atom. The highest BCUT2D eigenvalue weighted by atomic mass is 127. The molecular weight excluding hydrogens is 514 g/mol. The minimum atomic E-state index is -4.26. The van der Waals surface area contributed by atoms with Gasteiger partial charge in [-0.1, -0.05) is 12.1 Å². The summed E-state index contributed by atoms with van der Waals surface area (Å²) in [7, 11) is 2.85. The van der Waals surface area contributed by atoms with Crippen molar-refractivity contribution in [3.8, 4) is 11.5 Å². The lowest BCUT2D eigenvalue weighted by Crippen LogP contribution is -2.42.